The number of benzene rings is 1. The van der Waals surface area contributed by atoms with Gasteiger partial charge in [0.1, 0.15) is 10.7 Å². The Kier molecular flexibility index (Phi) is 4.96. The van der Waals surface area contributed by atoms with E-state index < -0.39 is 31.7 Å². The highest BCUT2D eigenvalue weighted by Crippen LogP contribution is 2.21. The number of amides is 1. The summed E-state index contributed by atoms with van der Waals surface area (Å²) >= 11 is 5.53. The highest BCUT2D eigenvalue weighted by atomic mass is 35.5. The summed E-state index contributed by atoms with van der Waals surface area (Å²) in [6, 6.07) is 3.20. The number of hydrogen-bond acceptors (Lipinski definition) is 5. The Morgan fingerprint density at radius 3 is 2.39 bits per heavy atom. The first-order chi connectivity index (χ1) is 10.7. The summed E-state index contributed by atoms with van der Waals surface area (Å²) in [4.78, 5) is 19.0. The van der Waals surface area contributed by atoms with Gasteiger partial charge in [0, 0.05) is 5.56 Å². The Bertz CT molecular complexity index is 839. The average Bonchev–Trinajstić information content (AvgIpc) is 2.49. The van der Waals surface area contributed by atoms with E-state index in [0.717, 1.165) is 12.1 Å². The summed E-state index contributed by atoms with van der Waals surface area (Å²) in [5.74, 6) is -1.60. The first-order valence-corrected chi connectivity index (χ1v) is 8.46. The number of nitrogens with one attached hydrogen (secondary N) is 1. The van der Waals surface area contributed by atoms with Crippen LogP contribution in [0.4, 0.5) is 10.1 Å². The van der Waals surface area contributed by atoms with Crippen molar-refractivity contribution in [3.05, 3.63) is 47.3 Å². The summed E-state index contributed by atoms with van der Waals surface area (Å²) < 4.78 is 38.0. The molecule has 9 heteroatoms. The van der Waals surface area contributed by atoms with Crippen LogP contribution in [0.3, 0.4) is 0 Å². The highest BCUT2D eigenvalue weighted by molar-refractivity contribution is 7.92. The second-order valence-electron chi connectivity index (χ2n) is 4.93. The van der Waals surface area contributed by atoms with Crippen LogP contribution in [0.25, 0.3) is 0 Å². The number of halogens is 2. The third-order valence-corrected chi connectivity index (χ3v) is 5.38. The molecule has 1 N–H and O–H groups in total. The lowest BCUT2D eigenvalue weighted by molar-refractivity contribution is 0.102. The molecule has 0 spiro atoms. The van der Waals surface area contributed by atoms with Gasteiger partial charge in [-0.2, -0.15) is 0 Å². The van der Waals surface area contributed by atoms with Gasteiger partial charge in [-0.3, -0.25) is 4.79 Å². The van der Waals surface area contributed by atoms with Gasteiger partial charge in [0.2, 0.25) is 5.28 Å². The van der Waals surface area contributed by atoms with E-state index in [-0.39, 0.29) is 16.5 Å². The Balaban J connectivity index is 2.26. The van der Waals surface area contributed by atoms with Gasteiger partial charge in [-0.1, -0.05) is 0 Å². The summed E-state index contributed by atoms with van der Waals surface area (Å²) in [6.07, 6.45) is 2.59. The number of carbonyl (C=O) groups is 1. The summed E-state index contributed by atoms with van der Waals surface area (Å²) in [5.41, 5.74) is 0.249. The molecule has 0 bridgehead atoms. The minimum atomic E-state index is -3.76. The van der Waals surface area contributed by atoms with Crippen molar-refractivity contribution in [3.63, 3.8) is 0 Å². The van der Waals surface area contributed by atoms with Gasteiger partial charge in [-0.25, -0.2) is 22.8 Å². The van der Waals surface area contributed by atoms with E-state index in [4.69, 9.17) is 11.6 Å². The van der Waals surface area contributed by atoms with Gasteiger partial charge in [0.05, 0.1) is 23.3 Å². The lowest BCUT2D eigenvalue weighted by atomic mass is 10.2. The van der Waals surface area contributed by atoms with Gasteiger partial charge in [-0.05, 0) is 43.6 Å². The number of rotatable bonds is 4. The first-order valence-electron chi connectivity index (χ1n) is 6.54. The lowest BCUT2D eigenvalue weighted by Gasteiger charge is -2.10. The van der Waals surface area contributed by atoms with Crippen molar-refractivity contribution in [2.75, 3.05) is 5.32 Å². The van der Waals surface area contributed by atoms with Gasteiger partial charge in [-0.15, -0.1) is 0 Å². The van der Waals surface area contributed by atoms with Crippen LogP contribution in [0.15, 0.2) is 35.5 Å². The Morgan fingerprint density at radius 2 is 1.87 bits per heavy atom. The normalized spacial score (nSPS) is 11.5. The summed E-state index contributed by atoms with van der Waals surface area (Å²) in [6.45, 7) is 2.91. The minimum absolute atomic E-state index is 0.0253. The number of sulfone groups is 1. The maximum atomic E-state index is 14.1. The van der Waals surface area contributed by atoms with Crippen LogP contribution < -0.4 is 5.32 Å². The van der Waals surface area contributed by atoms with Crippen molar-refractivity contribution in [3.8, 4) is 0 Å². The van der Waals surface area contributed by atoms with E-state index in [1.165, 1.54) is 32.3 Å². The molecule has 0 aliphatic rings. The van der Waals surface area contributed by atoms with Crippen LogP contribution in [0.2, 0.25) is 5.28 Å². The van der Waals surface area contributed by atoms with Crippen molar-refractivity contribution in [2.24, 2.45) is 0 Å². The molecule has 0 aliphatic heterocycles. The predicted octanol–water partition coefficient (Wildman–Crippen LogP) is 2.70. The van der Waals surface area contributed by atoms with Gasteiger partial charge >= 0.3 is 0 Å². The maximum Gasteiger partial charge on any atom is 0.255 e. The molecule has 0 radical (unpaired) electrons. The molecule has 0 saturated carbocycles. The Morgan fingerprint density at radius 1 is 1.26 bits per heavy atom. The van der Waals surface area contributed by atoms with Crippen LogP contribution >= 0.6 is 11.6 Å². The average molecular weight is 358 g/mol. The third-order valence-electron chi connectivity index (χ3n) is 3.00. The molecular formula is C14H13ClFN3O3S. The molecule has 0 unspecified atom stereocenters. The fraction of sp³-hybridized carbons (Fsp3) is 0.214. The van der Waals surface area contributed by atoms with E-state index in [0.29, 0.717) is 0 Å². The molecule has 0 saturated heterocycles. The molecule has 23 heavy (non-hydrogen) atoms. The van der Waals surface area contributed by atoms with Crippen LogP contribution in [0.1, 0.15) is 24.2 Å². The molecule has 1 amide bonds. The molecule has 2 rings (SSSR count). The van der Waals surface area contributed by atoms with Crippen molar-refractivity contribution in [1.82, 2.24) is 9.97 Å². The topological polar surface area (TPSA) is 89.0 Å². The zero-order valence-electron chi connectivity index (χ0n) is 12.2. The number of anilines is 1. The molecule has 1 aromatic carbocycles. The number of nitrogens with zero attached hydrogens (tertiary/aromatic N) is 2. The lowest BCUT2D eigenvalue weighted by Crippen LogP contribution is -2.17. The number of carbonyl (C=O) groups excluding carboxylic acids is 1. The zero-order chi connectivity index (χ0) is 17.2. The second-order valence-corrected chi connectivity index (χ2v) is 7.74. The largest absolute Gasteiger partial charge is 0.319 e. The molecule has 0 aliphatic carbocycles. The van der Waals surface area contributed by atoms with Crippen LogP contribution in [0, 0.1) is 5.82 Å². The molecule has 0 atom stereocenters. The monoisotopic (exact) mass is 357 g/mol. The van der Waals surface area contributed by atoms with Gasteiger partial charge in [0.15, 0.2) is 9.84 Å². The van der Waals surface area contributed by atoms with Gasteiger partial charge < -0.3 is 5.32 Å². The van der Waals surface area contributed by atoms with E-state index in [1.54, 1.807) is 0 Å². The number of hydrogen-bond donors (Lipinski definition) is 1. The molecule has 1 aromatic heterocycles. The standard InChI is InChI=1S/C14H13ClFN3O3S/c1-8(2)23(21,22)12-4-3-9(5-11(12)16)13(20)19-10-6-17-14(15)18-7-10/h3-8H,1-2H3,(H,19,20). The quantitative estimate of drug-likeness (QED) is 0.850. The van der Waals surface area contributed by atoms with Crippen molar-refractivity contribution in [1.29, 1.82) is 0 Å². The highest BCUT2D eigenvalue weighted by Gasteiger charge is 2.24. The molecule has 2 aromatic rings. The third kappa shape index (κ3) is 3.83. The minimum Gasteiger partial charge on any atom is -0.319 e. The smallest absolute Gasteiger partial charge is 0.255 e. The Labute approximate surface area is 137 Å². The molecule has 1 heterocycles. The predicted molar refractivity (Wildman–Crippen MR) is 83.7 cm³/mol. The van der Waals surface area contributed by atoms with E-state index in [2.05, 4.69) is 15.3 Å². The zero-order valence-corrected chi connectivity index (χ0v) is 13.8. The summed E-state index contributed by atoms with van der Waals surface area (Å²) in [5, 5.41) is 1.72. The van der Waals surface area contributed by atoms with E-state index in [1.807, 2.05) is 0 Å². The Hall–Kier alpha value is -2.06. The van der Waals surface area contributed by atoms with Crippen LogP contribution in [0.5, 0.6) is 0 Å². The molecule has 0 fully saturated rings. The van der Waals surface area contributed by atoms with E-state index in [9.17, 15) is 17.6 Å². The van der Waals surface area contributed by atoms with Crippen molar-refractivity contribution < 1.29 is 17.6 Å². The molecule has 6 nitrogen and oxygen atoms in total. The molecular weight excluding hydrogens is 345 g/mol. The molecule has 122 valence electrons. The summed E-state index contributed by atoms with van der Waals surface area (Å²) in [7, 11) is -3.76. The first kappa shape index (κ1) is 17.3. The SMILES string of the molecule is CC(C)S(=O)(=O)c1ccc(C(=O)Nc2cnc(Cl)nc2)cc1F. The van der Waals surface area contributed by atoms with Crippen LogP contribution in [-0.2, 0) is 9.84 Å². The van der Waals surface area contributed by atoms with E-state index >= 15 is 0 Å². The second kappa shape index (κ2) is 6.59. The van der Waals surface area contributed by atoms with Crippen molar-refractivity contribution in [2.45, 2.75) is 24.0 Å². The maximum absolute atomic E-state index is 14.1. The van der Waals surface area contributed by atoms with Crippen molar-refractivity contribution >= 4 is 33.0 Å². The fourth-order valence-electron chi connectivity index (χ4n) is 1.71. The number of aromatic nitrogens is 2. The van der Waals surface area contributed by atoms with Gasteiger partial charge in [0.25, 0.3) is 5.91 Å². The fourth-order valence-corrected chi connectivity index (χ4v) is 2.90. The van der Waals surface area contributed by atoms with Crippen LogP contribution in [-0.4, -0.2) is 29.5 Å².